The van der Waals surface area contributed by atoms with Crippen molar-refractivity contribution in [3.63, 3.8) is 0 Å². The van der Waals surface area contributed by atoms with Gasteiger partial charge in [0.25, 0.3) is 5.91 Å². The summed E-state index contributed by atoms with van der Waals surface area (Å²) in [5.74, 6) is -11.8. The zero-order chi connectivity index (χ0) is 50.0. The number of carboxylic acid groups (broad SMARTS) is 2. The predicted molar refractivity (Wildman–Crippen MR) is 245 cm³/mol. The van der Waals surface area contributed by atoms with Crippen LogP contribution in [0.4, 0.5) is 0 Å². The molecular weight excluding hydrogens is 855 g/mol. The maximum atomic E-state index is 13.8. The molecule has 19 heteroatoms. The first kappa shape index (κ1) is 55.8. The van der Waals surface area contributed by atoms with Gasteiger partial charge >= 0.3 is 11.9 Å². The van der Waals surface area contributed by atoms with Crippen LogP contribution < -0.4 is 31.9 Å². The zero-order valence-electron chi connectivity index (χ0n) is 39.6. The molecule has 364 valence electrons. The van der Waals surface area contributed by atoms with E-state index >= 15 is 0 Å². The van der Waals surface area contributed by atoms with Crippen LogP contribution in [0.25, 0.3) is 0 Å². The van der Waals surface area contributed by atoms with Gasteiger partial charge in [0, 0.05) is 26.5 Å². The van der Waals surface area contributed by atoms with E-state index in [0.717, 1.165) is 16.0 Å². The SMILES string of the molecule is C=C1C(=O)NC(C)C(=O)NC(CC(C)CC)C(=O)NC(C(=O)O)C(C)C(=O)NC(C)C(=O)NC(C=CC(C)=CC(C)C(Cc2ccccc2)OC)C(C)C(=O)NC(C(=O)O)CCC(=O)N1C. The molecule has 1 saturated heterocycles. The smallest absolute Gasteiger partial charge is 0.327 e. The Morgan fingerprint density at radius 2 is 1.41 bits per heavy atom. The average molecular weight is 924 g/mol. The first-order valence-corrected chi connectivity index (χ1v) is 22.1. The van der Waals surface area contributed by atoms with Crippen molar-refractivity contribution in [3.8, 4) is 0 Å². The van der Waals surface area contributed by atoms with Crippen molar-refractivity contribution in [1.82, 2.24) is 36.8 Å². The summed E-state index contributed by atoms with van der Waals surface area (Å²) >= 11 is 0. The van der Waals surface area contributed by atoms with Gasteiger partial charge in [-0.15, -0.1) is 0 Å². The highest BCUT2D eigenvalue weighted by atomic mass is 16.5. The number of nitrogens with one attached hydrogen (secondary N) is 6. The average Bonchev–Trinajstić information content (AvgIpc) is 3.27. The van der Waals surface area contributed by atoms with E-state index in [1.165, 1.54) is 34.7 Å². The molecular formula is C47H69N7O12. The number of rotatable bonds is 12. The van der Waals surface area contributed by atoms with Gasteiger partial charge in [0.15, 0.2) is 0 Å². The molecule has 1 aliphatic heterocycles. The summed E-state index contributed by atoms with van der Waals surface area (Å²) in [7, 11) is 2.84. The Kier molecular flexibility index (Phi) is 22.4. The summed E-state index contributed by atoms with van der Waals surface area (Å²) in [5, 5.41) is 35.1. The first-order valence-electron chi connectivity index (χ1n) is 22.1. The molecule has 1 aliphatic rings. The molecule has 19 nitrogen and oxygen atoms in total. The summed E-state index contributed by atoms with van der Waals surface area (Å²) in [6.45, 7) is 16.4. The van der Waals surface area contributed by atoms with Crippen molar-refractivity contribution in [2.45, 2.75) is 130 Å². The number of benzene rings is 1. The molecule has 0 radical (unpaired) electrons. The summed E-state index contributed by atoms with van der Waals surface area (Å²) < 4.78 is 5.79. The number of carbonyl (C=O) groups is 9. The molecule has 1 fully saturated rings. The number of aliphatic carboxylic acids is 2. The van der Waals surface area contributed by atoms with Crippen molar-refractivity contribution < 1.29 is 58.1 Å². The number of allylic oxidation sites excluding steroid dienone is 2. The molecule has 0 bridgehead atoms. The number of carboxylic acids is 2. The standard InChI is InChI=1S/C47H69N7O12/c1-12-25(2)23-36-45(61)53-39(47(64)65)29(6)41(57)48-30(7)42(58)50-34(19-18-26(3)22-27(4)37(66-11)24-33-16-14-13-15-17-33)28(5)40(56)51-35(46(62)63)20-21-38(55)54(10)32(9)44(60)49-31(8)43(59)52-36/h13-19,22,25,27-31,34-37,39H,9,12,20-21,23-24H2,1-8,10-11H3,(H,48,57)(H,49,60)(H,50,58)(H,51,56)(H,52,59)(H,53,61)(H,62,63)(H,64,65). The molecule has 0 saturated carbocycles. The Labute approximate surface area is 387 Å². The number of nitrogens with zero attached hydrogens (tertiary/aromatic N) is 1. The van der Waals surface area contributed by atoms with Crippen LogP contribution in [-0.4, -0.2) is 125 Å². The first-order chi connectivity index (χ1) is 30.9. The van der Waals surface area contributed by atoms with Gasteiger partial charge in [-0.1, -0.05) is 102 Å². The number of amides is 7. The topological polar surface area (TPSA) is 279 Å². The Bertz CT molecular complexity index is 1990. The van der Waals surface area contributed by atoms with Crippen LogP contribution in [0.1, 0.15) is 86.6 Å². The number of methoxy groups -OCH3 is 1. The fraction of sp³-hybridized carbons (Fsp3) is 0.553. The van der Waals surface area contributed by atoms with Gasteiger partial charge in [-0.25, -0.2) is 9.59 Å². The Morgan fingerprint density at radius 1 is 0.818 bits per heavy atom. The summed E-state index contributed by atoms with van der Waals surface area (Å²) in [4.78, 5) is 120. The second kappa shape index (κ2) is 26.6. The van der Waals surface area contributed by atoms with E-state index in [4.69, 9.17) is 4.74 Å². The number of hydrogen-bond donors (Lipinski definition) is 8. The minimum absolute atomic E-state index is 0.0574. The molecule has 11 atom stereocenters. The second-order valence-corrected chi connectivity index (χ2v) is 17.1. The van der Waals surface area contributed by atoms with Crippen molar-refractivity contribution in [1.29, 1.82) is 0 Å². The van der Waals surface area contributed by atoms with Gasteiger partial charge in [0.1, 0.15) is 35.9 Å². The minimum atomic E-state index is -1.82. The number of likely N-dealkylation sites (N-methyl/N-ethyl adjacent to an activating group) is 1. The van der Waals surface area contributed by atoms with Crippen LogP contribution in [0.15, 0.2) is 66.4 Å². The van der Waals surface area contributed by atoms with Gasteiger partial charge in [-0.3, -0.25) is 33.6 Å². The van der Waals surface area contributed by atoms with E-state index in [1.807, 2.05) is 64.1 Å². The number of ether oxygens (including phenoxy) is 1. The van der Waals surface area contributed by atoms with E-state index in [2.05, 4.69) is 38.5 Å². The largest absolute Gasteiger partial charge is 0.480 e. The Morgan fingerprint density at radius 3 is 1.98 bits per heavy atom. The molecule has 0 aliphatic carbocycles. The third-order valence-corrected chi connectivity index (χ3v) is 11.8. The van der Waals surface area contributed by atoms with Crippen LogP contribution in [0.5, 0.6) is 0 Å². The van der Waals surface area contributed by atoms with Crippen LogP contribution in [0.2, 0.25) is 0 Å². The van der Waals surface area contributed by atoms with E-state index < -0.39 is 120 Å². The lowest BCUT2D eigenvalue weighted by Gasteiger charge is -2.28. The zero-order valence-corrected chi connectivity index (χ0v) is 39.6. The summed E-state index contributed by atoms with van der Waals surface area (Å²) in [6.07, 6.45) is 5.39. The second-order valence-electron chi connectivity index (χ2n) is 17.1. The molecule has 7 amide bonds. The highest BCUT2D eigenvalue weighted by molar-refractivity contribution is 6.00. The van der Waals surface area contributed by atoms with Gasteiger partial charge in [0.05, 0.1) is 24.0 Å². The number of hydrogen-bond acceptors (Lipinski definition) is 10. The third kappa shape index (κ3) is 17.2. The Balaban J connectivity index is 2.59. The molecule has 2 rings (SSSR count). The van der Waals surface area contributed by atoms with Crippen molar-refractivity contribution in [2.75, 3.05) is 14.2 Å². The molecule has 1 aromatic rings. The molecule has 1 aromatic carbocycles. The minimum Gasteiger partial charge on any atom is -0.480 e. The lowest BCUT2D eigenvalue weighted by Crippen LogP contribution is -2.58. The van der Waals surface area contributed by atoms with E-state index in [-0.39, 0.29) is 24.4 Å². The normalized spacial score (nSPS) is 26.9. The molecule has 0 aromatic heterocycles. The predicted octanol–water partition coefficient (Wildman–Crippen LogP) is 1.97. The monoisotopic (exact) mass is 924 g/mol. The van der Waals surface area contributed by atoms with Gasteiger partial charge in [0.2, 0.25) is 35.4 Å². The molecule has 1 heterocycles. The van der Waals surface area contributed by atoms with E-state index in [1.54, 1.807) is 19.3 Å². The molecule has 8 N–H and O–H groups in total. The lowest BCUT2D eigenvalue weighted by molar-refractivity contribution is -0.146. The van der Waals surface area contributed by atoms with Crippen molar-refractivity contribution in [3.05, 3.63) is 72.0 Å². The van der Waals surface area contributed by atoms with Crippen LogP contribution in [0.3, 0.4) is 0 Å². The van der Waals surface area contributed by atoms with Crippen molar-refractivity contribution >= 4 is 53.3 Å². The van der Waals surface area contributed by atoms with E-state index in [9.17, 15) is 53.4 Å². The van der Waals surface area contributed by atoms with Crippen LogP contribution in [-0.2, 0) is 54.3 Å². The van der Waals surface area contributed by atoms with Crippen LogP contribution in [0, 0.1) is 23.7 Å². The quantitative estimate of drug-likeness (QED) is 0.110. The highest BCUT2D eigenvalue weighted by Gasteiger charge is 2.37. The summed E-state index contributed by atoms with van der Waals surface area (Å²) in [5.41, 5.74) is 1.42. The molecule has 66 heavy (non-hydrogen) atoms. The third-order valence-electron chi connectivity index (χ3n) is 11.8. The van der Waals surface area contributed by atoms with Crippen LogP contribution >= 0.6 is 0 Å². The van der Waals surface area contributed by atoms with Crippen molar-refractivity contribution in [2.24, 2.45) is 23.7 Å². The highest BCUT2D eigenvalue weighted by Crippen LogP contribution is 2.19. The van der Waals surface area contributed by atoms with E-state index in [0.29, 0.717) is 12.8 Å². The maximum Gasteiger partial charge on any atom is 0.327 e. The molecule has 0 spiro atoms. The summed E-state index contributed by atoms with van der Waals surface area (Å²) in [6, 6.07) is 1.36. The van der Waals surface area contributed by atoms with Gasteiger partial charge in [-0.05, 0) is 51.5 Å². The van der Waals surface area contributed by atoms with Gasteiger partial charge < -0.3 is 51.8 Å². The number of carbonyl (C=O) groups excluding carboxylic acids is 7. The fourth-order valence-corrected chi connectivity index (χ4v) is 6.91. The lowest BCUT2D eigenvalue weighted by atomic mass is 9.94. The molecule has 11 unspecified atom stereocenters. The van der Waals surface area contributed by atoms with Gasteiger partial charge in [-0.2, -0.15) is 0 Å². The Hall–Kier alpha value is -6.37. The fourth-order valence-electron chi connectivity index (χ4n) is 6.91. The maximum absolute atomic E-state index is 13.8.